The molecular formula is C15H22O4. The van der Waals surface area contributed by atoms with Gasteiger partial charge in [-0.1, -0.05) is 12.2 Å². The summed E-state index contributed by atoms with van der Waals surface area (Å²) in [5.41, 5.74) is 0. The highest BCUT2D eigenvalue weighted by Crippen LogP contribution is 2.26. The Morgan fingerprint density at radius 2 is 1.26 bits per heavy atom. The second-order valence-electron chi connectivity index (χ2n) is 5.24. The molecule has 1 saturated carbocycles. The number of carbonyl (C=O) groups excluding carboxylic acids is 2. The number of carbonyl (C=O) groups is 2. The van der Waals surface area contributed by atoms with Gasteiger partial charge in [0.1, 0.15) is 12.2 Å². The van der Waals surface area contributed by atoms with Crippen LogP contribution in [0.4, 0.5) is 0 Å². The van der Waals surface area contributed by atoms with Crippen LogP contribution in [0.15, 0.2) is 12.2 Å². The summed E-state index contributed by atoms with van der Waals surface area (Å²) in [4.78, 5) is 23.4. The zero-order valence-corrected chi connectivity index (χ0v) is 11.3. The second-order valence-corrected chi connectivity index (χ2v) is 5.24. The summed E-state index contributed by atoms with van der Waals surface area (Å²) in [6, 6.07) is 0. The Kier molecular flexibility index (Phi) is 5.43. The van der Waals surface area contributed by atoms with Crippen molar-refractivity contribution in [1.29, 1.82) is 0 Å². The fourth-order valence-electron chi connectivity index (χ4n) is 2.58. The Morgan fingerprint density at radius 3 is 1.74 bits per heavy atom. The highest BCUT2D eigenvalue weighted by molar-refractivity contribution is 5.70. The molecule has 0 unspecified atom stereocenters. The van der Waals surface area contributed by atoms with E-state index in [2.05, 4.69) is 12.2 Å². The maximum absolute atomic E-state index is 11.7. The lowest BCUT2D eigenvalue weighted by Gasteiger charge is -2.20. The average molecular weight is 266 g/mol. The van der Waals surface area contributed by atoms with Gasteiger partial charge in [-0.25, -0.2) is 0 Å². The molecule has 1 aliphatic carbocycles. The lowest BCUT2D eigenvalue weighted by Crippen LogP contribution is -2.30. The van der Waals surface area contributed by atoms with Crippen LogP contribution in [-0.2, 0) is 19.1 Å². The molecule has 4 heteroatoms. The van der Waals surface area contributed by atoms with Crippen LogP contribution in [0.1, 0.15) is 57.8 Å². The van der Waals surface area contributed by atoms with Crippen LogP contribution in [0.5, 0.6) is 0 Å². The molecule has 1 aliphatic heterocycles. The van der Waals surface area contributed by atoms with E-state index in [0.717, 1.165) is 44.9 Å². The molecule has 1 fully saturated rings. The van der Waals surface area contributed by atoms with Gasteiger partial charge >= 0.3 is 11.9 Å². The first-order valence-electron chi connectivity index (χ1n) is 7.29. The fourth-order valence-corrected chi connectivity index (χ4v) is 2.58. The van der Waals surface area contributed by atoms with Crippen molar-refractivity contribution in [3.05, 3.63) is 12.2 Å². The number of ether oxygens (including phenoxy) is 2. The van der Waals surface area contributed by atoms with Crippen molar-refractivity contribution in [2.24, 2.45) is 0 Å². The highest BCUT2D eigenvalue weighted by Gasteiger charge is 2.33. The van der Waals surface area contributed by atoms with E-state index < -0.39 is 0 Å². The quantitative estimate of drug-likeness (QED) is 0.499. The first-order valence-corrected chi connectivity index (χ1v) is 7.29. The summed E-state index contributed by atoms with van der Waals surface area (Å²) in [5, 5.41) is 0. The molecule has 0 saturated heterocycles. The molecule has 0 N–H and O–H groups in total. The standard InChI is InChI=1S/C15H22O4/c16-14-10-5-3-1-2-4-6-11-15(17)19-13-9-7-8-12(13)18-14/h1-2,12-13H,3-11H2/b2-1-/t12-,13-/m1/s1. The molecule has 0 amide bonds. The van der Waals surface area contributed by atoms with Gasteiger partial charge in [0.05, 0.1) is 0 Å². The first kappa shape index (κ1) is 14.1. The van der Waals surface area contributed by atoms with Crippen LogP contribution >= 0.6 is 0 Å². The smallest absolute Gasteiger partial charge is 0.306 e. The molecule has 4 nitrogen and oxygen atoms in total. The lowest BCUT2D eigenvalue weighted by molar-refractivity contribution is -0.165. The summed E-state index contributed by atoms with van der Waals surface area (Å²) >= 11 is 0. The molecule has 106 valence electrons. The number of hydrogen-bond donors (Lipinski definition) is 0. The Hall–Kier alpha value is -1.32. The van der Waals surface area contributed by atoms with E-state index in [1.54, 1.807) is 0 Å². The summed E-state index contributed by atoms with van der Waals surface area (Å²) in [7, 11) is 0. The number of rotatable bonds is 0. The Balaban J connectivity index is 1.94. The van der Waals surface area contributed by atoms with Crippen molar-refractivity contribution in [2.75, 3.05) is 0 Å². The average Bonchev–Trinajstić information content (AvgIpc) is 2.79. The van der Waals surface area contributed by atoms with E-state index in [0.29, 0.717) is 12.8 Å². The van der Waals surface area contributed by atoms with Gasteiger partial charge in [-0.05, 0) is 44.9 Å². The molecule has 0 aromatic heterocycles. The minimum Gasteiger partial charge on any atom is -0.458 e. The summed E-state index contributed by atoms with van der Waals surface area (Å²) < 4.78 is 10.9. The van der Waals surface area contributed by atoms with Crippen LogP contribution in [0.3, 0.4) is 0 Å². The monoisotopic (exact) mass is 266 g/mol. The van der Waals surface area contributed by atoms with Gasteiger partial charge in [-0.2, -0.15) is 0 Å². The Labute approximate surface area is 114 Å². The normalized spacial score (nSPS) is 31.8. The van der Waals surface area contributed by atoms with Gasteiger partial charge in [0.15, 0.2) is 0 Å². The lowest BCUT2D eigenvalue weighted by atomic mass is 10.1. The fraction of sp³-hybridized carbons (Fsp3) is 0.733. The van der Waals surface area contributed by atoms with Crippen LogP contribution < -0.4 is 0 Å². The van der Waals surface area contributed by atoms with Gasteiger partial charge < -0.3 is 9.47 Å². The van der Waals surface area contributed by atoms with Crippen LogP contribution in [0, 0.1) is 0 Å². The van der Waals surface area contributed by atoms with Crippen molar-refractivity contribution in [1.82, 2.24) is 0 Å². The maximum atomic E-state index is 11.7. The molecule has 2 atom stereocenters. The van der Waals surface area contributed by atoms with E-state index in [1.165, 1.54) is 0 Å². The van der Waals surface area contributed by atoms with E-state index in [-0.39, 0.29) is 24.1 Å². The minimum atomic E-state index is -0.227. The molecule has 1 heterocycles. The zero-order valence-electron chi connectivity index (χ0n) is 11.3. The van der Waals surface area contributed by atoms with Crippen LogP contribution in [-0.4, -0.2) is 24.1 Å². The Bertz CT molecular complexity index is 316. The van der Waals surface area contributed by atoms with Crippen molar-refractivity contribution >= 4 is 11.9 Å². The largest absolute Gasteiger partial charge is 0.458 e. The third kappa shape index (κ3) is 4.69. The number of allylic oxidation sites excluding steroid dienone is 2. The second kappa shape index (κ2) is 7.31. The first-order chi connectivity index (χ1) is 9.25. The molecule has 0 bridgehead atoms. The molecule has 19 heavy (non-hydrogen) atoms. The third-order valence-electron chi connectivity index (χ3n) is 3.63. The van der Waals surface area contributed by atoms with Crippen LogP contribution in [0.25, 0.3) is 0 Å². The number of fused-ring (bicyclic) bond motifs is 1. The molecular weight excluding hydrogens is 244 g/mol. The molecule has 2 aliphatic rings. The third-order valence-corrected chi connectivity index (χ3v) is 3.63. The predicted molar refractivity (Wildman–Crippen MR) is 70.5 cm³/mol. The summed E-state index contributed by atoms with van der Waals surface area (Å²) in [6.45, 7) is 0. The summed E-state index contributed by atoms with van der Waals surface area (Å²) in [5.74, 6) is -0.336. The van der Waals surface area contributed by atoms with E-state index in [4.69, 9.17) is 9.47 Å². The van der Waals surface area contributed by atoms with E-state index in [9.17, 15) is 9.59 Å². The SMILES string of the molecule is O=C1CCC/C=C\CCCC(=O)O[C@@H]2CCC[C@H]2O1. The van der Waals surface area contributed by atoms with Crippen molar-refractivity contribution in [3.63, 3.8) is 0 Å². The topological polar surface area (TPSA) is 52.6 Å². The van der Waals surface area contributed by atoms with E-state index >= 15 is 0 Å². The van der Waals surface area contributed by atoms with Gasteiger partial charge in [-0.3, -0.25) is 9.59 Å². The van der Waals surface area contributed by atoms with Gasteiger partial charge in [0.25, 0.3) is 0 Å². The predicted octanol–water partition coefficient (Wildman–Crippen LogP) is 2.90. The minimum absolute atomic E-state index is 0.168. The molecule has 0 aromatic rings. The molecule has 0 aromatic carbocycles. The van der Waals surface area contributed by atoms with Gasteiger partial charge in [0.2, 0.25) is 0 Å². The highest BCUT2D eigenvalue weighted by atomic mass is 16.6. The number of hydrogen-bond acceptors (Lipinski definition) is 4. The van der Waals surface area contributed by atoms with Crippen molar-refractivity contribution in [2.45, 2.75) is 70.0 Å². The van der Waals surface area contributed by atoms with Gasteiger partial charge in [-0.15, -0.1) is 0 Å². The van der Waals surface area contributed by atoms with Crippen LogP contribution in [0.2, 0.25) is 0 Å². The van der Waals surface area contributed by atoms with Crippen molar-refractivity contribution < 1.29 is 19.1 Å². The maximum Gasteiger partial charge on any atom is 0.306 e. The summed E-state index contributed by atoms with van der Waals surface area (Å²) in [6.07, 6.45) is 10.6. The van der Waals surface area contributed by atoms with Crippen molar-refractivity contribution in [3.8, 4) is 0 Å². The van der Waals surface area contributed by atoms with E-state index in [1.807, 2.05) is 0 Å². The molecule has 0 spiro atoms. The number of esters is 2. The molecule has 2 rings (SSSR count). The molecule has 0 radical (unpaired) electrons. The Morgan fingerprint density at radius 1 is 0.789 bits per heavy atom. The van der Waals surface area contributed by atoms with Gasteiger partial charge in [0, 0.05) is 12.8 Å². The zero-order chi connectivity index (χ0) is 13.5.